The van der Waals surface area contributed by atoms with E-state index in [1.807, 2.05) is 42.7 Å². The third-order valence-electron chi connectivity index (χ3n) is 6.85. The third-order valence-corrected chi connectivity index (χ3v) is 6.85. The summed E-state index contributed by atoms with van der Waals surface area (Å²) in [5, 5.41) is 11.1. The lowest BCUT2D eigenvalue weighted by Crippen LogP contribution is -2.35. The van der Waals surface area contributed by atoms with Crippen molar-refractivity contribution in [2.75, 3.05) is 49.6 Å². The molecular formula is C27H29N7O2. The number of amides is 1. The van der Waals surface area contributed by atoms with E-state index in [0.29, 0.717) is 11.4 Å². The molecule has 2 saturated heterocycles. The Kier molecular flexibility index (Phi) is 6.31. The largest absolute Gasteiger partial charge is 0.379 e. The van der Waals surface area contributed by atoms with Crippen LogP contribution < -0.4 is 10.2 Å². The molecule has 2 fully saturated rings. The van der Waals surface area contributed by atoms with E-state index in [1.165, 1.54) is 12.8 Å². The van der Waals surface area contributed by atoms with Crippen molar-refractivity contribution in [1.29, 1.82) is 0 Å². The molecule has 1 amide bonds. The highest BCUT2D eigenvalue weighted by Gasteiger charge is 2.18. The number of aromatic nitrogens is 4. The Hall–Kier alpha value is -3.82. The normalized spacial score (nSPS) is 16.5. The van der Waals surface area contributed by atoms with Crippen LogP contribution in [0.5, 0.6) is 0 Å². The quantitative estimate of drug-likeness (QED) is 0.431. The van der Waals surface area contributed by atoms with E-state index in [1.54, 1.807) is 6.20 Å². The first kappa shape index (κ1) is 22.6. The average Bonchev–Trinajstić information content (AvgIpc) is 3.60. The Bertz CT molecular complexity index is 1370. The van der Waals surface area contributed by atoms with Crippen molar-refractivity contribution in [2.45, 2.75) is 19.4 Å². The Labute approximate surface area is 209 Å². The Balaban J connectivity index is 1.23. The van der Waals surface area contributed by atoms with Crippen LogP contribution in [0.4, 0.5) is 11.5 Å². The average molecular weight is 484 g/mol. The molecule has 2 aliphatic rings. The molecule has 0 spiro atoms. The minimum absolute atomic E-state index is 0.254. The van der Waals surface area contributed by atoms with Crippen molar-refractivity contribution in [3.05, 3.63) is 66.2 Å². The van der Waals surface area contributed by atoms with Gasteiger partial charge in [-0.1, -0.05) is 6.07 Å². The number of hydrogen-bond acceptors (Lipinski definition) is 7. The Morgan fingerprint density at radius 1 is 1.00 bits per heavy atom. The predicted molar refractivity (Wildman–Crippen MR) is 139 cm³/mol. The Morgan fingerprint density at radius 2 is 1.86 bits per heavy atom. The maximum atomic E-state index is 13.2. The first-order valence-electron chi connectivity index (χ1n) is 12.5. The second-order valence-electron chi connectivity index (χ2n) is 9.35. The van der Waals surface area contributed by atoms with E-state index in [9.17, 15) is 4.79 Å². The van der Waals surface area contributed by atoms with Gasteiger partial charge in [-0.05, 0) is 48.2 Å². The van der Waals surface area contributed by atoms with Crippen LogP contribution >= 0.6 is 0 Å². The third kappa shape index (κ3) is 4.80. The Morgan fingerprint density at radius 3 is 2.72 bits per heavy atom. The van der Waals surface area contributed by atoms with Gasteiger partial charge in [0.1, 0.15) is 5.82 Å². The van der Waals surface area contributed by atoms with Crippen molar-refractivity contribution < 1.29 is 9.53 Å². The number of hydrogen-bond donors (Lipinski definition) is 2. The fourth-order valence-electron chi connectivity index (χ4n) is 4.92. The lowest BCUT2D eigenvalue weighted by Gasteiger charge is -2.26. The zero-order valence-corrected chi connectivity index (χ0v) is 20.1. The molecule has 0 unspecified atom stereocenters. The summed E-state index contributed by atoms with van der Waals surface area (Å²) in [6, 6.07) is 11.9. The number of carbonyl (C=O) groups is 1. The summed E-state index contributed by atoms with van der Waals surface area (Å²) in [7, 11) is 0. The van der Waals surface area contributed by atoms with Crippen LogP contribution in [0.3, 0.4) is 0 Å². The van der Waals surface area contributed by atoms with Crippen LogP contribution in [0.15, 0.2) is 55.0 Å². The van der Waals surface area contributed by atoms with Crippen LogP contribution in [0.25, 0.3) is 22.0 Å². The lowest BCUT2D eigenvalue weighted by molar-refractivity contribution is 0.0341. The fraction of sp³-hybridized carbons (Fsp3) is 0.333. The van der Waals surface area contributed by atoms with Gasteiger partial charge in [-0.25, -0.2) is 4.98 Å². The summed E-state index contributed by atoms with van der Waals surface area (Å²) < 4.78 is 5.46. The number of morpholine rings is 1. The number of carbonyl (C=O) groups excluding carboxylic acids is 1. The van der Waals surface area contributed by atoms with Crippen LogP contribution in [0, 0.1) is 0 Å². The molecule has 9 nitrogen and oxygen atoms in total. The van der Waals surface area contributed by atoms with Crippen molar-refractivity contribution in [3.63, 3.8) is 0 Å². The smallest absolute Gasteiger partial charge is 0.276 e. The number of H-pyrrole nitrogens is 1. The van der Waals surface area contributed by atoms with Gasteiger partial charge in [0.05, 0.1) is 18.7 Å². The van der Waals surface area contributed by atoms with Crippen molar-refractivity contribution in [3.8, 4) is 11.1 Å². The van der Waals surface area contributed by atoms with Crippen LogP contribution in [-0.4, -0.2) is 70.4 Å². The molecule has 6 rings (SSSR count). The minimum atomic E-state index is -0.254. The van der Waals surface area contributed by atoms with E-state index in [4.69, 9.17) is 4.74 Å². The second kappa shape index (κ2) is 10.0. The second-order valence-corrected chi connectivity index (χ2v) is 9.35. The summed E-state index contributed by atoms with van der Waals surface area (Å²) in [4.78, 5) is 26.8. The van der Waals surface area contributed by atoms with E-state index in [2.05, 4.69) is 41.3 Å². The number of aromatic amines is 1. The number of fused-ring (bicyclic) bond motifs is 1. The van der Waals surface area contributed by atoms with Crippen LogP contribution in [-0.2, 0) is 11.3 Å². The minimum Gasteiger partial charge on any atom is -0.379 e. The molecule has 184 valence electrons. The van der Waals surface area contributed by atoms with E-state index in [0.717, 1.165) is 79.3 Å². The highest BCUT2D eigenvalue weighted by Crippen LogP contribution is 2.27. The first-order valence-corrected chi connectivity index (χ1v) is 12.5. The number of ether oxygens (including phenoxy) is 1. The number of rotatable bonds is 6. The molecule has 5 heterocycles. The molecule has 1 aromatic carbocycles. The maximum absolute atomic E-state index is 13.2. The molecule has 36 heavy (non-hydrogen) atoms. The lowest BCUT2D eigenvalue weighted by atomic mass is 10.0. The van der Waals surface area contributed by atoms with Gasteiger partial charge in [0.2, 0.25) is 0 Å². The number of pyridine rings is 2. The molecule has 3 aromatic heterocycles. The van der Waals surface area contributed by atoms with Crippen molar-refractivity contribution in [1.82, 2.24) is 25.1 Å². The molecule has 2 aliphatic heterocycles. The number of nitrogens with one attached hydrogen (secondary N) is 2. The molecular weight excluding hydrogens is 454 g/mol. The van der Waals surface area contributed by atoms with E-state index >= 15 is 0 Å². The van der Waals surface area contributed by atoms with Gasteiger partial charge in [0.25, 0.3) is 5.91 Å². The topological polar surface area (TPSA) is 99.3 Å². The monoisotopic (exact) mass is 483 g/mol. The SMILES string of the molecule is O=C(Nc1ccnc(N2CCCC2)c1)c1n[nH]c2ccc(-c3cncc(CN4CCOCC4)c3)cc12. The molecule has 0 saturated carbocycles. The molecule has 0 aliphatic carbocycles. The summed E-state index contributed by atoms with van der Waals surface area (Å²) in [6.45, 7) is 6.25. The molecule has 0 atom stereocenters. The predicted octanol–water partition coefficient (Wildman–Crippen LogP) is 3.70. The van der Waals surface area contributed by atoms with E-state index < -0.39 is 0 Å². The summed E-state index contributed by atoms with van der Waals surface area (Å²) in [5.41, 5.74) is 5.06. The van der Waals surface area contributed by atoms with Crippen LogP contribution in [0.2, 0.25) is 0 Å². The fourth-order valence-corrected chi connectivity index (χ4v) is 4.92. The van der Waals surface area contributed by atoms with Gasteiger partial charge in [0.15, 0.2) is 5.69 Å². The number of nitrogens with zero attached hydrogens (tertiary/aromatic N) is 5. The zero-order chi connectivity index (χ0) is 24.3. The van der Waals surface area contributed by atoms with Gasteiger partial charge in [-0.2, -0.15) is 5.10 Å². The first-order chi connectivity index (χ1) is 17.7. The molecule has 2 N–H and O–H groups in total. The van der Waals surface area contributed by atoms with Crippen molar-refractivity contribution in [2.24, 2.45) is 0 Å². The van der Waals surface area contributed by atoms with Gasteiger partial charge < -0.3 is 15.0 Å². The summed E-state index contributed by atoms with van der Waals surface area (Å²) >= 11 is 0. The van der Waals surface area contributed by atoms with Crippen LogP contribution in [0.1, 0.15) is 28.9 Å². The highest BCUT2D eigenvalue weighted by atomic mass is 16.5. The highest BCUT2D eigenvalue weighted by molar-refractivity contribution is 6.11. The number of benzene rings is 1. The molecule has 9 heteroatoms. The van der Waals surface area contributed by atoms with Gasteiger partial charge in [-0.3, -0.25) is 19.8 Å². The van der Waals surface area contributed by atoms with Gasteiger partial charge >= 0.3 is 0 Å². The number of anilines is 2. The summed E-state index contributed by atoms with van der Waals surface area (Å²) in [6.07, 6.45) is 7.86. The molecule has 0 radical (unpaired) electrons. The molecule has 4 aromatic rings. The standard InChI is InChI=1S/C27H29N7O2/c35-27(30-22-5-6-29-25(15-22)34-7-1-2-8-34)26-23-14-20(3-4-24(23)31-32-26)21-13-19(16-28-17-21)18-33-9-11-36-12-10-33/h3-6,13-17H,1-2,7-12,18H2,(H,31,32)(H,29,30,35). The van der Waals surface area contributed by atoms with E-state index in [-0.39, 0.29) is 5.91 Å². The molecule has 0 bridgehead atoms. The van der Waals surface area contributed by atoms with Gasteiger partial charge in [-0.15, -0.1) is 0 Å². The van der Waals surface area contributed by atoms with Crippen molar-refractivity contribution >= 4 is 28.3 Å². The van der Waals surface area contributed by atoms with Gasteiger partial charge in [0, 0.05) is 74.0 Å². The zero-order valence-electron chi connectivity index (χ0n) is 20.1. The maximum Gasteiger partial charge on any atom is 0.276 e. The summed E-state index contributed by atoms with van der Waals surface area (Å²) in [5.74, 6) is 0.639.